The number of benzene rings is 1. The van der Waals surface area contributed by atoms with Crippen LogP contribution in [0.4, 0.5) is 0 Å². The van der Waals surface area contributed by atoms with Crippen LogP contribution in [0.2, 0.25) is 0 Å². The summed E-state index contributed by atoms with van der Waals surface area (Å²) in [6, 6.07) is 5.79. The molecule has 1 aromatic carbocycles. The molecular weight excluding hydrogens is 286 g/mol. The summed E-state index contributed by atoms with van der Waals surface area (Å²) in [5.41, 5.74) is 6.87. The molecule has 0 radical (unpaired) electrons. The Balaban J connectivity index is 1.98. The van der Waals surface area contributed by atoms with Crippen LogP contribution in [-0.2, 0) is 6.42 Å². The molecule has 0 fully saturated rings. The summed E-state index contributed by atoms with van der Waals surface area (Å²) in [5.74, 6) is 1.62. The first-order valence-corrected chi connectivity index (χ1v) is 6.97. The summed E-state index contributed by atoms with van der Waals surface area (Å²) in [6.45, 7) is 4.08. The lowest BCUT2D eigenvalue weighted by molar-refractivity contribution is 0.135. The molecule has 0 atom stereocenters. The van der Waals surface area contributed by atoms with Crippen molar-refractivity contribution in [1.29, 1.82) is 0 Å². The lowest BCUT2D eigenvalue weighted by Crippen LogP contribution is -2.24. The lowest BCUT2D eigenvalue weighted by atomic mass is 10.0. The third kappa shape index (κ3) is 2.67. The van der Waals surface area contributed by atoms with Crippen LogP contribution < -0.4 is 15.2 Å². The molecule has 0 amide bonds. The predicted octanol–water partition coefficient (Wildman–Crippen LogP) is 2.62. The van der Waals surface area contributed by atoms with E-state index in [0.717, 1.165) is 17.7 Å². The van der Waals surface area contributed by atoms with Crippen molar-refractivity contribution in [2.75, 3.05) is 0 Å². The number of nitrogens with zero attached hydrogens (tertiary/aromatic N) is 2. The van der Waals surface area contributed by atoms with Gasteiger partial charge in [0.25, 0.3) is 0 Å². The van der Waals surface area contributed by atoms with E-state index in [1.807, 2.05) is 32.0 Å². The monoisotopic (exact) mass is 301 g/mol. The van der Waals surface area contributed by atoms with Crippen LogP contribution in [0, 0.1) is 0 Å². The predicted molar refractivity (Wildman–Crippen MR) is 82.8 cm³/mol. The Bertz CT molecular complexity index is 716. The minimum absolute atomic E-state index is 0.145. The van der Waals surface area contributed by atoms with Crippen molar-refractivity contribution in [1.82, 2.24) is 9.97 Å². The highest BCUT2D eigenvalue weighted by Crippen LogP contribution is 2.43. The number of nitrogens with two attached hydrogens (primary N) is 1. The van der Waals surface area contributed by atoms with Crippen LogP contribution in [0.1, 0.15) is 25.1 Å². The fourth-order valence-electron chi connectivity index (χ4n) is 2.34. The molecular formula is C15H15N3O2S. The molecule has 0 saturated heterocycles. The Kier molecular flexibility index (Phi) is 3.25. The Hall–Kier alpha value is -2.21. The highest BCUT2D eigenvalue weighted by Gasteiger charge is 2.32. The SMILES string of the molecule is CC1(C)Cc2cccc(Oc3nccnc3C(N)=S)c2O1. The second-order valence-corrected chi connectivity index (χ2v) is 5.90. The van der Waals surface area contributed by atoms with Gasteiger partial charge in [-0.3, -0.25) is 0 Å². The third-order valence-electron chi connectivity index (χ3n) is 3.16. The Morgan fingerprint density at radius 1 is 1.33 bits per heavy atom. The maximum absolute atomic E-state index is 5.96. The number of fused-ring (bicyclic) bond motifs is 1. The van der Waals surface area contributed by atoms with E-state index in [2.05, 4.69) is 9.97 Å². The Morgan fingerprint density at radius 2 is 2.10 bits per heavy atom. The van der Waals surface area contributed by atoms with E-state index in [-0.39, 0.29) is 16.5 Å². The molecule has 6 heteroatoms. The van der Waals surface area contributed by atoms with Crippen LogP contribution in [0.5, 0.6) is 17.4 Å². The average Bonchev–Trinajstić information content (AvgIpc) is 2.74. The van der Waals surface area contributed by atoms with Gasteiger partial charge in [-0.05, 0) is 19.9 Å². The molecule has 1 aliphatic heterocycles. The van der Waals surface area contributed by atoms with Gasteiger partial charge in [0.15, 0.2) is 17.2 Å². The standard InChI is InChI=1S/C15H15N3O2S/c1-15(2)8-9-4-3-5-10(12(9)20-15)19-14-11(13(16)21)17-6-7-18-14/h3-7H,8H2,1-2H3,(H2,16,21). The fraction of sp³-hybridized carbons (Fsp3) is 0.267. The molecule has 0 bridgehead atoms. The van der Waals surface area contributed by atoms with Crippen LogP contribution in [0.3, 0.4) is 0 Å². The van der Waals surface area contributed by atoms with Crippen molar-refractivity contribution < 1.29 is 9.47 Å². The van der Waals surface area contributed by atoms with Crippen LogP contribution in [-0.4, -0.2) is 20.6 Å². The Morgan fingerprint density at radius 3 is 2.86 bits per heavy atom. The molecule has 108 valence electrons. The summed E-state index contributed by atoms with van der Waals surface area (Å²) in [4.78, 5) is 8.40. The largest absolute Gasteiger partial charge is 0.483 e. The summed E-state index contributed by atoms with van der Waals surface area (Å²) < 4.78 is 11.8. The zero-order valence-corrected chi connectivity index (χ0v) is 12.6. The van der Waals surface area contributed by atoms with Gasteiger partial charge in [-0.2, -0.15) is 0 Å². The summed E-state index contributed by atoms with van der Waals surface area (Å²) in [5, 5.41) is 0. The first kappa shape index (κ1) is 13.8. The van der Waals surface area contributed by atoms with Crippen molar-refractivity contribution in [3.05, 3.63) is 41.9 Å². The van der Waals surface area contributed by atoms with E-state index in [0.29, 0.717) is 11.4 Å². The molecule has 0 spiro atoms. The van der Waals surface area contributed by atoms with E-state index in [9.17, 15) is 0 Å². The zero-order chi connectivity index (χ0) is 15.0. The van der Waals surface area contributed by atoms with Crippen molar-refractivity contribution in [3.63, 3.8) is 0 Å². The molecule has 21 heavy (non-hydrogen) atoms. The minimum atomic E-state index is -0.240. The summed E-state index contributed by atoms with van der Waals surface area (Å²) >= 11 is 4.97. The van der Waals surface area contributed by atoms with E-state index >= 15 is 0 Å². The van der Waals surface area contributed by atoms with Crippen LogP contribution >= 0.6 is 12.2 Å². The molecule has 0 aliphatic carbocycles. The van der Waals surface area contributed by atoms with E-state index in [1.54, 1.807) is 0 Å². The first-order chi connectivity index (χ1) is 9.96. The topological polar surface area (TPSA) is 70.3 Å². The van der Waals surface area contributed by atoms with Crippen molar-refractivity contribution >= 4 is 17.2 Å². The molecule has 0 unspecified atom stereocenters. The zero-order valence-electron chi connectivity index (χ0n) is 11.8. The van der Waals surface area contributed by atoms with Gasteiger partial charge in [0.2, 0.25) is 5.88 Å². The van der Waals surface area contributed by atoms with Gasteiger partial charge in [-0.1, -0.05) is 24.4 Å². The number of ether oxygens (including phenoxy) is 2. The second kappa shape index (κ2) is 4.96. The van der Waals surface area contributed by atoms with Gasteiger partial charge < -0.3 is 15.2 Å². The first-order valence-electron chi connectivity index (χ1n) is 6.56. The number of thiocarbonyl (C=S) groups is 1. The molecule has 1 aliphatic rings. The molecule has 2 N–H and O–H groups in total. The number of aromatic nitrogens is 2. The number of para-hydroxylation sites is 1. The molecule has 2 aromatic rings. The number of hydrogen-bond donors (Lipinski definition) is 1. The van der Waals surface area contributed by atoms with E-state index < -0.39 is 0 Å². The van der Waals surface area contributed by atoms with Crippen molar-refractivity contribution in [2.45, 2.75) is 25.9 Å². The second-order valence-electron chi connectivity index (χ2n) is 5.46. The average molecular weight is 301 g/mol. The van der Waals surface area contributed by atoms with Gasteiger partial charge in [0.05, 0.1) is 0 Å². The van der Waals surface area contributed by atoms with Gasteiger partial charge >= 0.3 is 0 Å². The van der Waals surface area contributed by atoms with E-state index in [1.165, 1.54) is 12.4 Å². The number of hydrogen-bond acceptors (Lipinski definition) is 5. The summed E-state index contributed by atoms with van der Waals surface area (Å²) in [7, 11) is 0. The van der Waals surface area contributed by atoms with Crippen molar-refractivity contribution in [3.8, 4) is 17.4 Å². The molecule has 5 nitrogen and oxygen atoms in total. The smallest absolute Gasteiger partial charge is 0.248 e. The normalized spacial score (nSPS) is 15.1. The molecule has 3 rings (SSSR count). The van der Waals surface area contributed by atoms with Crippen LogP contribution in [0.25, 0.3) is 0 Å². The maximum atomic E-state index is 5.96. The number of rotatable bonds is 3. The highest BCUT2D eigenvalue weighted by molar-refractivity contribution is 7.80. The fourth-order valence-corrected chi connectivity index (χ4v) is 2.48. The minimum Gasteiger partial charge on any atom is -0.483 e. The molecule has 2 heterocycles. The van der Waals surface area contributed by atoms with Gasteiger partial charge in [0.1, 0.15) is 10.6 Å². The van der Waals surface area contributed by atoms with E-state index in [4.69, 9.17) is 27.4 Å². The Labute approximate surface area is 128 Å². The maximum Gasteiger partial charge on any atom is 0.248 e. The molecule has 0 saturated carbocycles. The van der Waals surface area contributed by atoms with Crippen LogP contribution in [0.15, 0.2) is 30.6 Å². The summed E-state index contributed by atoms with van der Waals surface area (Å²) in [6.07, 6.45) is 3.89. The highest BCUT2D eigenvalue weighted by atomic mass is 32.1. The quantitative estimate of drug-likeness (QED) is 0.879. The van der Waals surface area contributed by atoms with Gasteiger partial charge in [0, 0.05) is 24.4 Å². The molecule has 1 aromatic heterocycles. The lowest BCUT2D eigenvalue weighted by Gasteiger charge is -2.18. The van der Waals surface area contributed by atoms with Gasteiger partial charge in [-0.15, -0.1) is 0 Å². The van der Waals surface area contributed by atoms with Crippen molar-refractivity contribution in [2.24, 2.45) is 5.73 Å². The van der Waals surface area contributed by atoms with Gasteiger partial charge in [-0.25, -0.2) is 9.97 Å². The third-order valence-corrected chi connectivity index (χ3v) is 3.35.